The fraction of sp³-hybridized carbons (Fsp3) is 0.900. The molecule has 1 rings (SSSR count). The van der Waals surface area contributed by atoms with E-state index in [1.165, 1.54) is 25.7 Å². The molecule has 1 amide bonds. The van der Waals surface area contributed by atoms with Gasteiger partial charge in [0.15, 0.2) is 0 Å². The fourth-order valence-corrected chi connectivity index (χ4v) is 2.02. The third kappa shape index (κ3) is 3.18. The van der Waals surface area contributed by atoms with Crippen molar-refractivity contribution in [1.82, 2.24) is 4.90 Å². The maximum Gasteiger partial charge on any atom is 0.222 e. The van der Waals surface area contributed by atoms with Crippen LogP contribution in [-0.2, 0) is 4.79 Å². The summed E-state index contributed by atoms with van der Waals surface area (Å²) in [7, 11) is 1.92. The van der Waals surface area contributed by atoms with E-state index in [0.29, 0.717) is 18.3 Å². The highest BCUT2D eigenvalue weighted by Crippen LogP contribution is 2.22. The van der Waals surface area contributed by atoms with Gasteiger partial charge >= 0.3 is 0 Å². The maximum absolute atomic E-state index is 11.6. The molecule has 13 heavy (non-hydrogen) atoms. The third-order valence-electron chi connectivity index (χ3n) is 2.79. The van der Waals surface area contributed by atoms with E-state index in [0.717, 1.165) is 6.42 Å². The van der Waals surface area contributed by atoms with Crippen LogP contribution in [0, 0.1) is 0 Å². The number of nitrogens with zero attached hydrogens (tertiary/aromatic N) is 1. The smallest absolute Gasteiger partial charge is 0.222 e. The molecule has 1 fully saturated rings. The molecule has 0 aromatic rings. The number of carbonyl (C=O) groups excluding carboxylic acids is 1. The molecule has 0 saturated heterocycles. The summed E-state index contributed by atoms with van der Waals surface area (Å²) in [5, 5.41) is 0. The zero-order valence-corrected chi connectivity index (χ0v) is 9.02. The van der Waals surface area contributed by atoms with E-state index < -0.39 is 0 Å². The zero-order valence-electron chi connectivity index (χ0n) is 8.26. The van der Waals surface area contributed by atoms with Crippen LogP contribution in [0.15, 0.2) is 0 Å². The molecule has 0 heterocycles. The van der Waals surface area contributed by atoms with Gasteiger partial charge in [-0.25, -0.2) is 0 Å². The van der Waals surface area contributed by atoms with Crippen molar-refractivity contribution >= 4 is 17.5 Å². The first-order valence-corrected chi connectivity index (χ1v) is 5.60. The van der Waals surface area contributed by atoms with Crippen LogP contribution in [0.5, 0.6) is 0 Å². The lowest BCUT2D eigenvalue weighted by atomic mass is 10.2. The van der Waals surface area contributed by atoms with Gasteiger partial charge in [0.2, 0.25) is 5.91 Å². The molecule has 3 heteroatoms. The van der Waals surface area contributed by atoms with Gasteiger partial charge in [-0.1, -0.05) is 12.8 Å². The van der Waals surface area contributed by atoms with Crippen molar-refractivity contribution in [2.24, 2.45) is 0 Å². The van der Waals surface area contributed by atoms with Crippen LogP contribution in [0.3, 0.4) is 0 Å². The van der Waals surface area contributed by atoms with E-state index in [4.69, 9.17) is 11.6 Å². The predicted molar refractivity (Wildman–Crippen MR) is 55.0 cm³/mol. The van der Waals surface area contributed by atoms with Gasteiger partial charge in [0.1, 0.15) is 0 Å². The Labute approximate surface area is 85.2 Å². The number of rotatable bonds is 4. The van der Waals surface area contributed by atoms with Crippen LogP contribution < -0.4 is 0 Å². The van der Waals surface area contributed by atoms with Gasteiger partial charge in [-0.15, -0.1) is 11.6 Å². The van der Waals surface area contributed by atoms with E-state index in [1.54, 1.807) is 0 Å². The van der Waals surface area contributed by atoms with Crippen LogP contribution in [0.2, 0.25) is 0 Å². The quantitative estimate of drug-likeness (QED) is 0.643. The maximum atomic E-state index is 11.6. The fourth-order valence-electron chi connectivity index (χ4n) is 1.89. The number of carbonyl (C=O) groups is 1. The molecule has 1 saturated carbocycles. The third-order valence-corrected chi connectivity index (χ3v) is 3.06. The summed E-state index contributed by atoms with van der Waals surface area (Å²) in [6, 6.07) is 0.503. The molecule has 1 aliphatic rings. The zero-order chi connectivity index (χ0) is 9.68. The Hall–Kier alpha value is -0.240. The second kappa shape index (κ2) is 5.48. The van der Waals surface area contributed by atoms with E-state index in [-0.39, 0.29) is 5.91 Å². The van der Waals surface area contributed by atoms with Gasteiger partial charge in [0, 0.05) is 25.4 Å². The molecule has 0 N–H and O–H groups in total. The number of hydrogen-bond donors (Lipinski definition) is 0. The van der Waals surface area contributed by atoms with Crippen LogP contribution in [0.25, 0.3) is 0 Å². The Morgan fingerprint density at radius 1 is 1.46 bits per heavy atom. The number of amides is 1. The molecular weight excluding hydrogens is 186 g/mol. The van der Waals surface area contributed by atoms with Gasteiger partial charge in [-0.05, 0) is 19.3 Å². The van der Waals surface area contributed by atoms with Crippen molar-refractivity contribution in [2.75, 3.05) is 12.9 Å². The summed E-state index contributed by atoms with van der Waals surface area (Å²) in [4.78, 5) is 13.5. The Bertz CT molecular complexity index is 166. The monoisotopic (exact) mass is 203 g/mol. The number of alkyl halides is 1. The second-order valence-corrected chi connectivity index (χ2v) is 4.11. The molecule has 0 spiro atoms. The summed E-state index contributed by atoms with van der Waals surface area (Å²) in [5.74, 6) is 0.845. The Morgan fingerprint density at radius 3 is 2.62 bits per heavy atom. The normalized spacial score (nSPS) is 17.7. The van der Waals surface area contributed by atoms with Gasteiger partial charge in [-0.3, -0.25) is 4.79 Å². The van der Waals surface area contributed by atoms with E-state index in [9.17, 15) is 4.79 Å². The average Bonchev–Trinajstić information content (AvgIpc) is 2.65. The lowest BCUT2D eigenvalue weighted by molar-refractivity contribution is -0.131. The predicted octanol–water partition coefficient (Wildman–Crippen LogP) is 2.41. The first kappa shape index (κ1) is 10.8. The lowest BCUT2D eigenvalue weighted by Crippen LogP contribution is -2.34. The number of hydrogen-bond acceptors (Lipinski definition) is 1. The highest BCUT2D eigenvalue weighted by Gasteiger charge is 2.22. The first-order chi connectivity index (χ1) is 6.25. The first-order valence-electron chi connectivity index (χ1n) is 5.07. The second-order valence-electron chi connectivity index (χ2n) is 3.74. The molecule has 76 valence electrons. The molecule has 0 radical (unpaired) electrons. The molecule has 1 aliphatic carbocycles. The van der Waals surface area contributed by atoms with Crippen LogP contribution in [0.1, 0.15) is 38.5 Å². The molecule has 0 aliphatic heterocycles. The van der Waals surface area contributed by atoms with Crippen molar-refractivity contribution in [3.63, 3.8) is 0 Å². The molecule has 0 unspecified atom stereocenters. The summed E-state index contributed by atoms with van der Waals surface area (Å²) in [6.45, 7) is 0. The molecular formula is C10H18ClNO. The molecule has 0 bridgehead atoms. The van der Waals surface area contributed by atoms with Gasteiger partial charge in [-0.2, -0.15) is 0 Å². The highest BCUT2D eigenvalue weighted by molar-refractivity contribution is 6.17. The minimum Gasteiger partial charge on any atom is -0.343 e. The Morgan fingerprint density at radius 2 is 2.08 bits per heavy atom. The lowest BCUT2D eigenvalue weighted by Gasteiger charge is -2.24. The largest absolute Gasteiger partial charge is 0.343 e. The topological polar surface area (TPSA) is 20.3 Å². The summed E-state index contributed by atoms with van der Waals surface area (Å²) in [6.07, 6.45) is 6.33. The summed E-state index contributed by atoms with van der Waals surface area (Å²) in [5.41, 5.74) is 0. The Balaban J connectivity index is 2.28. The van der Waals surface area contributed by atoms with Crippen molar-refractivity contribution in [2.45, 2.75) is 44.6 Å². The van der Waals surface area contributed by atoms with Gasteiger partial charge in [0.05, 0.1) is 0 Å². The average molecular weight is 204 g/mol. The van der Waals surface area contributed by atoms with E-state index >= 15 is 0 Å². The number of halogens is 1. The van der Waals surface area contributed by atoms with Crippen molar-refractivity contribution in [1.29, 1.82) is 0 Å². The summed E-state index contributed by atoms with van der Waals surface area (Å²) >= 11 is 5.54. The molecule has 0 atom stereocenters. The molecule has 0 aromatic carbocycles. The standard InChI is InChI=1S/C10H18ClNO/c1-12(9-5-2-3-6-9)10(13)7-4-8-11/h9H,2-8H2,1H3. The SMILES string of the molecule is CN(C(=O)CCCCl)C1CCCC1. The van der Waals surface area contributed by atoms with Crippen LogP contribution in [0.4, 0.5) is 0 Å². The minimum absolute atomic E-state index is 0.257. The van der Waals surface area contributed by atoms with E-state index in [2.05, 4.69) is 0 Å². The molecule has 2 nitrogen and oxygen atoms in total. The van der Waals surface area contributed by atoms with Crippen molar-refractivity contribution in [3.05, 3.63) is 0 Å². The van der Waals surface area contributed by atoms with E-state index in [1.807, 2.05) is 11.9 Å². The van der Waals surface area contributed by atoms with Gasteiger partial charge < -0.3 is 4.90 Å². The minimum atomic E-state index is 0.257. The van der Waals surface area contributed by atoms with Crippen molar-refractivity contribution in [3.8, 4) is 0 Å². The van der Waals surface area contributed by atoms with Crippen molar-refractivity contribution < 1.29 is 4.79 Å². The summed E-state index contributed by atoms with van der Waals surface area (Å²) < 4.78 is 0. The van der Waals surface area contributed by atoms with Gasteiger partial charge in [0.25, 0.3) is 0 Å². The Kier molecular flexibility index (Phi) is 4.57. The molecule has 0 aromatic heterocycles. The highest BCUT2D eigenvalue weighted by atomic mass is 35.5. The van der Waals surface area contributed by atoms with Crippen LogP contribution >= 0.6 is 11.6 Å². The van der Waals surface area contributed by atoms with Crippen LogP contribution in [-0.4, -0.2) is 29.8 Å².